The fraction of sp³-hybridized carbons (Fsp3) is 0.138. The highest BCUT2D eigenvalue weighted by Gasteiger charge is 2.54. The first-order chi connectivity index (χ1) is 18.3. The molecule has 3 aromatic carbocycles. The van der Waals surface area contributed by atoms with Gasteiger partial charge in [0.05, 0.1) is 11.0 Å². The number of nitrogens with zero attached hydrogens (tertiary/aromatic N) is 2. The van der Waals surface area contributed by atoms with E-state index < -0.39 is 22.9 Å². The van der Waals surface area contributed by atoms with E-state index in [1.54, 1.807) is 59.5 Å². The Bertz CT molecular complexity index is 1730. The number of aliphatic hydroxyl groups is 1. The number of aromatic hydroxyl groups is 1. The lowest BCUT2D eigenvalue weighted by Crippen LogP contribution is -2.48. The van der Waals surface area contributed by atoms with E-state index in [0.29, 0.717) is 35.1 Å². The molecule has 190 valence electrons. The quantitative estimate of drug-likeness (QED) is 0.262. The maximum absolute atomic E-state index is 14.1. The van der Waals surface area contributed by atoms with Crippen LogP contribution in [0.1, 0.15) is 27.9 Å². The molecule has 0 fully saturated rings. The van der Waals surface area contributed by atoms with Crippen LogP contribution in [-0.2, 0) is 5.72 Å². The molecule has 0 aliphatic carbocycles. The smallest absolute Gasteiger partial charge is 0.347 e. The second-order valence-electron chi connectivity index (χ2n) is 9.09. The molecule has 6 rings (SSSR count). The Hall–Kier alpha value is -3.91. The average molecular weight is 547 g/mol. The zero-order valence-corrected chi connectivity index (χ0v) is 21.3. The number of Topliss-reactive ketones (excluding diaryl/α,β-unsaturated/α-hetero) is 1. The second-order valence-corrected chi connectivity index (χ2v) is 9.96. The van der Waals surface area contributed by atoms with Crippen molar-refractivity contribution in [2.24, 2.45) is 4.99 Å². The van der Waals surface area contributed by atoms with Gasteiger partial charge in [-0.05, 0) is 48.9 Å². The number of amidine groups is 1. The predicted octanol–water partition coefficient (Wildman–Crippen LogP) is 5.41. The second kappa shape index (κ2) is 9.13. The highest BCUT2D eigenvalue weighted by Crippen LogP contribution is 2.51. The minimum Gasteiger partial charge on any atom is -0.506 e. The Kier molecular flexibility index (Phi) is 5.87. The van der Waals surface area contributed by atoms with E-state index in [2.05, 4.69) is 4.99 Å². The van der Waals surface area contributed by atoms with Crippen LogP contribution in [0.2, 0.25) is 10.0 Å². The molecule has 0 spiro atoms. The summed E-state index contributed by atoms with van der Waals surface area (Å²) < 4.78 is 5.57. The van der Waals surface area contributed by atoms with Gasteiger partial charge in [-0.25, -0.2) is 4.79 Å². The highest BCUT2D eigenvalue weighted by molar-refractivity contribution is 6.35. The summed E-state index contributed by atoms with van der Waals surface area (Å²) in [6, 6.07) is 19.4. The Labute approximate surface area is 226 Å². The third-order valence-electron chi connectivity index (χ3n) is 6.87. The number of hydrogen-bond donors (Lipinski definition) is 2. The lowest BCUT2D eigenvalue weighted by Gasteiger charge is -2.39. The Morgan fingerprint density at radius 2 is 1.71 bits per heavy atom. The van der Waals surface area contributed by atoms with Crippen molar-refractivity contribution in [2.45, 2.75) is 12.1 Å². The van der Waals surface area contributed by atoms with Crippen LogP contribution in [0.5, 0.6) is 5.75 Å². The first-order valence-electron chi connectivity index (χ1n) is 11.9. The van der Waals surface area contributed by atoms with Gasteiger partial charge in [0.1, 0.15) is 22.7 Å². The Morgan fingerprint density at radius 1 is 1.00 bits per heavy atom. The number of carbonyl (C=O) groups excluding carboxylic acids is 1. The molecular weight excluding hydrogens is 527 g/mol. The number of hydrogen-bond acceptors (Lipinski definition) is 7. The molecule has 0 amide bonds. The van der Waals surface area contributed by atoms with Gasteiger partial charge in [0.2, 0.25) is 0 Å². The molecule has 1 unspecified atom stereocenters. The minimum absolute atomic E-state index is 0.00218. The van der Waals surface area contributed by atoms with Crippen molar-refractivity contribution in [2.75, 3.05) is 13.1 Å². The highest BCUT2D eigenvalue weighted by atomic mass is 35.5. The van der Waals surface area contributed by atoms with Crippen LogP contribution in [0, 0.1) is 0 Å². The molecule has 1 aromatic heterocycles. The molecular formula is C29H20Cl2N2O5. The maximum Gasteiger partial charge on any atom is 0.347 e. The summed E-state index contributed by atoms with van der Waals surface area (Å²) in [5.74, 6) is -0.702. The number of ketones is 1. The van der Waals surface area contributed by atoms with Crippen molar-refractivity contribution < 1.29 is 19.4 Å². The Morgan fingerprint density at radius 3 is 2.45 bits per heavy atom. The molecule has 3 heterocycles. The van der Waals surface area contributed by atoms with Crippen molar-refractivity contribution in [3.05, 3.63) is 116 Å². The van der Waals surface area contributed by atoms with Gasteiger partial charge in [0.25, 0.3) is 0 Å². The summed E-state index contributed by atoms with van der Waals surface area (Å²) >= 11 is 12.2. The fourth-order valence-corrected chi connectivity index (χ4v) is 5.46. The molecule has 0 bridgehead atoms. The number of rotatable bonds is 4. The van der Waals surface area contributed by atoms with Crippen LogP contribution in [0.15, 0.2) is 92.6 Å². The van der Waals surface area contributed by atoms with Crippen LogP contribution in [-0.4, -0.2) is 39.8 Å². The molecule has 2 N–H and O–H groups in total. The number of halogens is 2. The van der Waals surface area contributed by atoms with E-state index in [1.807, 2.05) is 0 Å². The van der Waals surface area contributed by atoms with Gasteiger partial charge >= 0.3 is 5.63 Å². The van der Waals surface area contributed by atoms with Crippen LogP contribution in [0.3, 0.4) is 0 Å². The largest absolute Gasteiger partial charge is 0.506 e. The third-order valence-corrected chi connectivity index (χ3v) is 7.36. The van der Waals surface area contributed by atoms with Crippen LogP contribution in [0.25, 0.3) is 16.5 Å². The topological polar surface area (TPSA) is 103 Å². The van der Waals surface area contributed by atoms with Gasteiger partial charge in [-0.3, -0.25) is 9.79 Å². The van der Waals surface area contributed by atoms with Crippen LogP contribution in [0.4, 0.5) is 0 Å². The van der Waals surface area contributed by atoms with Crippen LogP contribution >= 0.6 is 23.2 Å². The van der Waals surface area contributed by atoms with Crippen molar-refractivity contribution in [1.82, 2.24) is 4.90 Å². The van der Waals surface area contributed by atoms with Crippen molar-refractivity contribution in [3.63, 3.8) is 0 Å². The normalized spacial score (nSPS) is 19.0. The molecule has 2 aliphatic rings. The fourth-order valence-electron chi connectivity index (χ4n) is 5.16. The first-order valence-corrected chi connectivity index (χ1v) is 12.7. The number of carbonyl (C=O) groups is 1. The van der Waals surface area contributed by atoms with Crippen LogP contribution < -0.4 is 5.63 Å². The van der Waals surface area contributed by atoms with Gasteiger partial charge in [-0.2, -0.15) is 0 Å². The summed E-state index contributed by atoms with van der Waals surface area (Å²) in [6.07, 6.45) is 0.613. The van der Waals surface area contributed by atoms with E-state index >= 15 is 0 Å². The zero-order valence-electron chi connectivity index (χ0n) is 19.8. The molecule has 38 heavy (non-hydrogen) atoms. The molecule has 0 saturated heterocycles. The van der Waals surface area contributed by atoms with E-state index in [1.165, 1.54) is 18.2 Å². The third kappa shape index (κ3) is 3.66. The number of aliphatic imine (C=N–C) groups is 1. The van der Waals surface area contributed by atoms with Crippen molar-refractivity contribution in [3.8, 4) is 5.75 Å². The molecule has 4 aromatic rings. The van der Waals surface area contributed by atoms with Gasteiger partial charge in [0.15, 0.2) is 11.5 Å². The maximum atomic E-state index is 14.1. The molecule has 7 nitrogen and oxygen atoms in total. The molecule has 9 heteroatoms. The molecule has 0 saturated carbocycles. The van der Waals surface area contributed by atoms with E-state index in [0.717, 1.165) is 0 Å². The molecule has 0 radical (unpaired) electrons. The van der Waals surface area contributed by atoms with Crippen molar-refractivity contribution in [1.29, 1.82) is 0 Å². The molecule has 2 aliphatic heterocycles. The summed E-state index contributed by atoms with van der Waals surface area (Å²) in [7, 11) is 0. The Balaban J connectivity index is 1.75. The van der Waals surface area contributed by atoms with Crippen molar-refractivity contribution >= 4 is 51.4 Å². The summed E-state index contributed by atoms with van der Waals surface area (Å²) in [4.78, 5) is 33.8. The molecule has 1 atom stereocenters. The van der Waals surface area contributed by atoms with E-state index in [9.17, 15) is 19.8 Å². The number of benzene rings is 3. The lowest BCUT2D eigenvalue weighted by atomic mass is 9.86. The SMILES string of the molecule is O=C(C1=C(c2c(O)c3cc(Cl)ccc3oc2=O)C(O)(c2ccccc2)N2CCCN=C12)c1ccc(Cl)cc1. The van der Waals surface area contributed by atoms with Gasteiger partial charge in [-0.1, -0.05) is 53.5 Å². The zero-order chi connectivity index (χ0) is 26.6. The lowest BCUT2D eigenvalue weighted by molar-refractivity contribution is -0.0168. The average Bonchev–Trinajstić information content (AvgIpc) is 3.19. The summed E-state index contributed by atoms with van der Waals surface area (Å²) in [5, 5.41) is 25.0. The van der Waals surface area contributed by atoms with Gasteiger partial charge < -0.3 is 19.5 Å². The number of fused-ring (bicyclic) bond motifs is 2. The first kappa shape index (κ1) is 24.4. The van der Waals surface area contributed by atoms with Gasteiger partial charge in [0, 0.05) is 39.8 Å². The van der Waals surface area contributed by atoms with E-state index in [-0.39, 0.29) is 39.1 Å². The predicted molar refractivity (Wildman–Crippen MR) is 146 cm³/mol. The summed E-state index contributed by atoms with van der Waals surface area (Å²) in [5.41, 5.74) is -2.56. The van der Waals surface area contributed by atoms with E-state index in [4.69, 9.17) is 27.6 Å². The minimum atomic E-state index is -2.00. The monoisotopic (exact) mass is 546 g/mol. The standard InChI is InChI=1S/C29H20Cl2N2O5/c30-18-9-7-16(8-10-18)25(34)22-24(23-26(35)20-15-19(31)11-12-21(20)38-28(23)36)29(37,17-5-2-1-3-6-17)33-14-4-13-32-27(22)33/h1-3,5-12,15,35,37H,4,13-14H2. The van der Waals surface area contributed by atoms with Gasteiger partial charge in [-0.15, -0.1) is 0 Å². The summed E-state index contributed by atoms with van der Waals surface area (Å²) in [6.45, 7) is 0.784.